The standard InChI is InChI=1S/C16H11ClN2/c17-16-13(10-18)15(11-6-2-1-3-7-11)12-8-4-5-9-14(12)19-16/h1-9,15,19H. The third-order valence-corrected chi connectivity index (χ3v) is 3.59. The average molecular weight is 267 g/mol. The SMILES string of the molecule is N#CC1=C(Cl)Nc2ccccc2C1c1ccccc1. The lowest BCUT2D eigenvalue weighted by molar-refractivity contribution is 0.957. The minimum Gasteiger partial charge on any atom is -0.345 e. The van der Waals surface area contributed by atoms with Gasteiger partial charge in [0.05, 0.1) is 11.6 Å². The van der Waals surface area contributed by atoms with Crippen LogP contribution in [0.3, 0.4) is 0 Å². The summed E-state index contributed by atoms with van der Waals surface area (Å²) in [6, 6.07) is 20.1. The van der Waals surface area contributed by atoms with Crippen molar-refractivity contribution in [3.05, 3.63) is 76.5 Å². The summed E-state index contributed by atoms with van der Waals surface area (Å²) in [7, 11) is 0. The highest BCUT2D eigenvalue weighted by atomic mass is 35.5. The van der Waals surface area contributed by atoms with Crippen LogP contribution in [0.1, 0.15) is 17.0 Å². The fourth-order valence-corrected chi connectivity index (χ4v) is 2.69. The van der Waals surface area contributed by atoms with E-state index in [0.717, 1.165) is 16.8 Å². The highest BCUT2D eigenvalue weighted by Crippen LogP contribution is 2.41. The van der Waals surface area contributed by atoms with Crippen LogP contribution in [0.25, 0.3) is 0 Å². The zero-order chi connectivity index (χ0) is 13.2. The summed E-state index contributed by atoms with van der Waals surface area (Å²) in [5.74, 6) is -0.101. The van der Waals surface area contributed by atoms with Gasteiger partial charge in [-0.25, -0.2) is 0 Å². The quantitative estimate of drug-likeness (QED) is 0.785. The normalized spacial score (nSPS) is 17.4. The zero-order valence-electron chi connectivity index (χ0n) is 10.1. The molecule has 3 heteroatoms. The molecular formula is C16H11ClN2. The molecule has 0 bridgehead atoms. The summed E-state index contributed by atoms with van der Waals surface area (Å²) in [6.07, 6.45) is 0. The van der Waals surface area contributed by atoms with E-state index >= 15 is 0 Å². The second-order valence-electron chi connectivity index (χ2n) is 4.40. The second kappa shape index (κ2) is 4.79. The first-order chi connectivity index (χ1) is 9.31. The third kappa shape index (κ3) is 1.99. The van der Waals surface area contributed by atoms with Gasteiger partial charge in [0.2, 0.25) is 0 Å². The van der Waals surface area contributed by atoms with Crippen LogP contribution in [0.5, 0.6) is 0 Å². The van der Waals surface area contributed by atoms with Crippen LogP contribution in [0.4, 0.5) is 5.69 Å². The molecule has 1 atom stereocenters. The summed E-state index contributed by atoms with van der Waals surface area (Å²) >= 11 is 6.20. The van der Waals surface area contributed by atoms with Gasteiger partial charge in [-0.05, 0) is 17.2 Å². The largest absolute Gasteiger partial charge is 0.345 e. The van der Waals surface area contributed by atoms with Crippen molar-refractivity contribution < 1.29 is 0 Å². The molecule has 0 saturated carbocycles. The molecule has 92 valence electrons. The van der Waals surface area contributed by atoms with Gasteiger partial charge >= 0.3 is 0 Å². The predicted octanol–water partition coefficient (Wildman–Crippen LogP) is 4.22. The molecule has 0 fully saturated rings. The van der Waals surface area contributed by atoms with Crippen molar-refractivity contribution >= 4 is 17.3 Å². The smallest absolute Gasteiger partial charge is 0.121 e. The Labute approximate surface area is 116 Å². The lowest BCUT2D eigenvalue weighted by Crippen LogP contribution is -2.15. The fraction of sp³-hybridized carbons (Fsp3) is 0.0625. The second-order valence-corrected chi connectivity index (χ2v) is 4.77. The van der Waals surface area contributed by atoms with Crippen LogP contribution in [-0.4, -0.2) is 0 Å². The van der Waals surface area contributed by atoms with Crippen molar-refractivity contribution in [2.45, 2.75) is 5.92 Å². The highest BCUT2D eigenvalue weighted by Gasteiger charge is 2.28. The first-order valence-electron chi connectivity index (χ1n) is 6.02. The van der Waals surface area contributed by atoms with Crippen LogP contribution in [0.2, 0.25) is 0 Å². The summed E-state index contributed by atoms with van der Waals surface area (Å²) in [6.45, 7) is 0. The van der Waals surface area contributed by atoms with E-state index in [1.807, 2.05) is 54.6 Å². The van der Waals surface area contributed by atoms with Gasteiger partial charge in [0.25, 0.3) is 0 Å². The zero-order valence-corrected chi connectivity index (χ0v) is 10.9. The fourth-order valence-electron chi connectivity index (χ4n) is 2.44. The molecule has 2 aromatic rings. The van der Waals surface area contributed by atoms with E-state index in [-0.39, 0.29) is 5.92 Å². The van der Waals surface area contributed by atoms with Crippen molar-refractivity contribution in [2.75, 3.05) is 5.32 Å². The van der Waals surface area contributed by atoms with Crippen LogP contribution < -0.4 is 5.32 Å². The Morgan fingerprint density at radius 1 is 1.00 bits per heavy atom. The Hall–Kier alpha value is -2.24. The minimum absolute atomic E-state index is 0.101. The van der Waals surface area contributed by atoms with E-state index in [4.69, 9.17) is 11.6 Å². The van der Waals surface area contributed by atoms with Gasteiger partial charge in [-0.1, -0.05) is 60.1 Å². The first-order valence-corrected chi connectivity index (χ1v) is 6.39. The van der Waals surface area contributed by atoms with Gasteiger partial charge in [-0.3, -0.25) is 0 Å². The molecule has 1 unspecified atom stereocenters. The topological polar surface area (TPSA) is 35.8 Å². The van der Waals surface area contributed by atoms with Gasteiger partial charge in [-0.2, -0.15) is 5.26 Å². The Morgan fingerprint density at radius 3 is 2.42 bits per heavy atom. The minimum atomic E-state index is -0.101. The lowest BCUT2D eigenvalue weighted by atomic mass is 9.83. The molecule has 0 aliphatic carbocycles. The van der Waals surface area contributed by atoms with Gasteiger partial charge in [-0.15, -0.1) is 0 Å². The van der Waals surface area contributed by atoms with Gasteiger partial charge in [0.1, 0.15) is 5.16 Å². The average Bonchev–Trinajstić information content (AvgIpc) is 2.46. The maximum atomic E-state index is 9.39. The van der Waals surface area contributed by atoms with E-state index in [1.165, 1.54) is 0 Å². The molecule has 2 aromatic carbocycles. The van der Waals surface area contributed by atoms with E-state index in [2.05, 4.69) is 11.4 Å². The molecule has 0 spiro atoms. The van der Waals surface area contributed by atoms with Gasteiger partial charge in [0.15, 0.2) is 0 Å². The molecule has 0 saturated heterocycles. The Bertz CT molecular complexity index is 683. The summed E-state index contributed by atoms with van der Waals surface area (Å²) in [5, 5.41) is 12.9. The van der Waals surface area contributed by atoms with E-state index in [1.54, 1.807) is 0 Å². The first kappa shape index (κ1) is 11.8. The number of benzene rings is 2. The molecule has 3 rings (SSSR count). The molecule has 0 aromatic heterocycles. The molecule has 0 amide bonds. The number of fused-ring (bicyclic) bond motifs is 1. The Kier molecular flexibility index (Phi) is 2.98. The summed E-state index contributed by atoms with van der Waals surface area (Å²) < 4.78 is 0. The molecule has 0 radical (unpaired) electrons. The summed E-state index contributed by atoms with van der Waals surface area (Å²) in [4.78, 5) is 0. The Morgan fingerprint density at radius 2 is 1.68 bits per heavy atom. The summed E-state index contributed by atoms with van der Waals surface area (Å²) in [5.41, 5.74) is 3.67. The number of hydrogen-bond donors (Lipinski definition) is 1. The van der Waals surface area contributed by atoms with Crippen molar-refractivity contribution in [2.24, 2.45) is 0 Å². The van der Waals surface area contributed by atoms with Gasteiger partial charge < -0.3 is 5.32 Å². The highest BCUT2D eigenvalue weighted by molar-refractivity contribution is 6.32. The number of nitriles is 1. The molecule has 19 heavy (non-hydrogen) atoms. The maximum absolute atomic E-state index is 9.39. The number of para-hydroxylation sites is 1. The van der Waals surface area contributed by atoms with E-state index in [9.17, 15) is 5.26 Å². The number of halogens is 1. The number of anilines is 1. The van der Waals surface area contributed by atoms with Crippen molar-refractivity contribution in [3.63, 3.8) is 0 Å². The van der Waals surface area contributed by atoms with Gasteiger partial charge in [0, 0.05) is 11.6 Å². The van der Waals surface area contributed by atoms with E-state index in [0.29, 0.717) is 10.7 Å². The number of rotatable bonds is 1. The molecule has 1 aliphatic heterocycles. The third-order valence-electron chi connectivity index (χ3n) is 3.29. The molecule has 1 N–H and O–H groups in total. The van der Waals surface area contributed by atoms with Crippen LogP contribution >= 0.6 is 11.6 Å². The van der Waals surface area contributed by atoms with Crippen LogP contribution in [0, 0.1) is 11.3 Å². The number of allylic oxidation sites excluding steroid dienone is 1. The molecular weight excluding hydrogens is 256 g/mol. The molecule has 1 heterocycles. The van der Waals surface area contributed by atoms with Crippen LogP contribution in [0.15, 0.2) is 65.3 Å². The lowest BCUT2D eigenvalue weighted by Gasteiger charge is -2.26. The van der Waals surface area contributed by atoms with E-state index < -0.39 is 0 Å². The molecule has 1 aliphatic rings. The van der Waals surface area contributed by atoms with Crippen molar-refractivity contribution in [1.29, 1.82) is 5.26 Å². The number of hydrogen-bond acceptors (Lipinski definition) is 2. The monoisotopic (exact) mass is 266 g/mol. The number of nitrogens with one attached hydrogen (secondary N) is 1. The predicted molar refractivity (Wildman–Crippen MR) is 76.8 cm³/mol. The van der Waals surface area contributed by atoms with Crippen molar-refractivity contribution in [3.8, 4) is 6.07 Å². The maximum Gasteiger partial charge on any atom is 0.121 e. The number of nitrogens with zero attached hydrogens (tertiary/aromatic N) is 1. The molecule has 2 nitrogen and oxygen atoms in total. The van der Waals surface area contributed by atoms with Crippen molar-refractivity contribution in [1.82, 2.24) is 0 Å². The Balaban J connectivity index is 2.23. The van der Waals surface area contributed by atoms with Crippen LogP contribution in [-0.2, 0) is 0 Å².